The van der Waals surface area contributed by atoms with Crippen LogP contribution >= 0.6 is 0 Å². The van der Waals surface area contributed by atoms with E-state index >= 15 is 0 Å². The second-order valence-corrected chi connectivity index (χ2v) is 4.64. The summed E-state index contributed by atoms with van der Waals surface area (Å²) in [6.07, 6.45) is -0.724. The Labute approximate surface area is 109 Å². The van der Waals surface area contributed by atoms with E-state index in [9.17, 15) is 19.5 Å². The van der Waals surface area contributed by atoms with Crippen molar-refractivity contribution in [2.24, 2.45) is 0 Å². The lowest BCUT2D eigenvalue weighted by molar-refractivity contribution is -0.139. The lowest BCUT2D eigenvalue weighted by Crippen LogP contribution is -2.53. The molecule has 1 fully saturated rings. The zero-order valence-corrected chi connectivity index (χ0v) is 10.00. The average molecular weight is 260 g/mol. The predicted octanol–water partition coefficient (Wildman–Crippen LogP) is -0.0615. The van der Waals surface area contributed by atoms with E-state index in [1.807, 2.05) is 0 Å². The Morgan fingerprint density at radius 1 is 1.21 bits per heavy atom. The van der Waals surface area contributed by atoms with Crippen LogP contribution in [0.4, 0.5) is 0 Å². The fraction of sp³-hybridized carbons (Fsp3) is 0.308. The third-order valence-electron chi connectivity index (χ3n) is 3.51. The van der Waals surface area contributed by atoms with E-state index in [1.54, 1.807) is 24.3 Å². The van der Waals surface area contributed by atoms with Crippen molar-refractivity contribution in [1.82, 2.24) is 10.2 Å². The van der Waals surface area contributed by atoms with Crippen LogP contribution in [0.5, 0.6) is 0 Å². The molecule has 3 amide bonds. The zero-order chi connectivity index (χ0) is 13.6. The summed E-state index contributed by atoms with van der Waals surface area (Å²) in [5, 5.41) is 12.4. The molecule has 1 saturated heterocycles. The first-order valence-electron chi connectivity index (χ1n) is 6.03. The number of aliphatic hydroxyl groups excluding tert-OH is 1. The average Bonchev–Trinajstić information content (AvgIpc) is 2.64. The molecule has 2 aliphatic rings. The molecule has 0 saturated carbocycles. The molecular formula is C13H12N2O4. The first kappa shape index (κ1) is 11.9. The van der Waals surface area contributed by atoms with Crippen LogP contribution in [0.15, 0.2) is 24.3 Å². The van der Waals surface area contributed by atoms with Crippen LogP contribution in [-0.2, 0) is 9.59 Å². The summed E-state index contributed by atoms with van der Waals surface area (Å²) in [6, 6.07) is 5.91. The number of nitrogens with one attached hydrogen (secondary N) is 1. The number of hydrogen-bond donors (Lipinski definition) is 2. The Bertz CT molecular complexity index is 584. The van der Waals surface area contributed by atoms with Gasteiger partial charge in [-0.2, -0.15) is 0 Å². The lowest BCUT2D eigenvalue weighted by atomic mass is 10.0. The minimum absolute atomic E-state index is 0.170. The number of benzene rings is 1. The molecule has 0 bridgehead atoms. The fourth-order valence-corrected chi connectivity index (χ4v) is 2.58. The number of hydrogen-bond acceptors (Lipinski definition) is 4. The summed E-state index contributed by atoms with van der Waals surface area (Å²) < 4.78 is 0. The number of amides is 3. The smallest absolute Gasteiger partial charge is 0.257 e. The summed E-state index contributed by atoms with van der Waals surface area (Å²) in [4.78, 5) is 36.3. The molecule has 0 aliphatic carbocycles. The first-order chi connectivity index (χ1) is 9.09. The van der Waals surface area contributed by atoms with Gasteiger partial charge in [-0.25, -0.2) is 0 Å². The zero-order valence-electron chi connectivity index (χ0n) is 10.00. The largest absolute Gasteiger partial charge is 0.369 e. The van der Waals surface area contributed by atoms with Crippen molar-refractivity contribution in [2.75, 3.05) is 0 Å². The van der Waals surface area contributed by atoms with E-state index < -0.39 is 18.2 Å². The maximum absolute atomic E-state index is 12.2. The normalized spacial score (nSPS) is 26.4. The molecule has 1 aromatic carbocycles. The molecule has 2 atom stereocenters. The van der Waals surface area contributed by atoms with Crippen molar-refractivity contribution in [3.05, 3.63) is 35.4 Å². The summed E-state index contributed by atoms with van der Waals surface area (Å²) in [6.45, 7) is 0. The van der Waals surface area contributed by atoms with E-state index in [1.165, 1.54) is 0 Å². The third-order valence-corrected chi connectivity index (χ3v) is 3.51. The molecule has 2 heterocycles. The van der Waals surface area contributed by atoms with Crippen molar-refractivity contribution in [3.8, 4) is 0 Å². The number of fused-ring (bicyclic) bond motifs is 1. The standard InChI is InChI=1S/C13H12N2O4/c16-10-6-5-9(11(17)14-10)15-12(18)7-3-1-2-4-8(7)13(15)19/h1-4,9,12,18H,5-6H2,(H,14,16,17). The SMILES string of the molecule is O=C1CCC(N2C(=O)c3ccccc3C2O)C(=O)N1. The van der Waals surface area contributed by atoms with Crippen LogP contribution in [0.25, 0.3) is 0 Å². The van der Waals surface area contributed by atoms with Crippen molar-refractivity contribution < 1.29 is 19.5 Å². The number of nitrogens with zero attached hydrogens (tertiary/aromatic N) is 1. The summed E-state index contributed by atoms with van der Waals surface area (Å²) in [5.74, 6) is -1.26. The van der Waals surface area contributed by atoms with Crippen LogP contribution < -0.4 is 5.32 Å². The molecule has 1 aromatic rings. The minimum atomic E-state index is -1.13. The van der Waals surface area contributed by atoms with Gasteiger partial charge in [0.15, 0.2) is 6.23 Å². The lowest BCUT2D eigenvalue weighted by Gasteiger charge is -2.31. The Kier molecular flexibility index (Phi) is 2.60. The fourth-order valence-electron chi connectivity index (χ4n) is 2.58. The molecular weight excluding hydrogens is 248 g/mol. The first-order valence-corrected chi connectivity index (χ1v) is 6.03. The Balaban J connectivity index is 1.94. The highest BCUT2D eigenvalue weighted by molar-refractivity contribution is 6.05. The van der Waals surface area contributed by atoms with E-state index in [-0.39, 0.29) is 24.7 Å². The number of imide groups is 1. The van der Waals surface area contributed by atoms with Crippen LogP contribution in [0.3, 0.4) is 0 Å². The van der Waals surface area contributed by atoms with Gasteiger partial charge in [-0.15, -0.1) is 0 Å². The maximum Gasteiger partial charge on any atom is 0.257 e. The highest BCUT2D eigenvalue weighted by Gasteiger charge is 2.43. The van der Waals surface area contributed by atoms with E-state index in [0.717, 1.165) is 4.90 Å². The van der Waals surface area contributed by atoms with Crippen LogP contribution in [0, 0.1) is 0 Å². The van der Waals surface area contributed by atoms with Crippen molar-refractivity contribution in [3.63, 3.8) is 0 Å². The highest BCUT2D eigenvalue weighted by Crippen LogP contribution is 2.34. The Morgan fingerprint density at radius 2 is 1.95 bits per heavy atom. The van der Waals surface area contributed by atoms with E-state index in [0.29, 0.717) is 11.1 Å². The number of aliphatic hydroxyl groups is 1. The minimum Gasteiger partial charge on any atom is -0.369 e. The van der Waals surface area contributed by atoms with Crippen LogP contribution in [0.2, 0.25) is 0 Å². The van der Waals surface area contributed by atoms with E-state index in [2.05, 4.69) is 5.32 Å². The molecule has 98 valence electrons. The van der Waals surface area contributed by atoms with Gasteiger partial charge < -0.3 is 5.11 Å². The number of piperidine rings is 1. The molecule has 0 aromatic heterocycles. The van der Waals surface area contributed by atoms with E-state index in [4.69, 9.17) is 0 Å². The molecule has 6 nitrogen and oxygen atoms in total. The monoisotopic (exact) mass is 260 g/mol. The third kappa shape index (κ3) is 1.72. The molecule has 2 N–H and O–H groups in total. The molecule has 19 heavy (non-hydrogen) atoms. The number of carbonyl (C=O) groups is 3. The van der Waals surface area contributed by atoms with Crippen molar-refractivity contribution >= 4 is 17.7 Å². The summed E-state index contributed by atoms with van der Waals surface area (Å²) in [7, 11) is 0. The van der Waals surface area contributed by atoms with Gasteiger partial charge in [0, 0.05) is 17.5 Å². The predicted molar refractivity (Wildman–Crippen MR) is 63.7 cm³/mol. The van der Waals surface area contributed by atoms with Gasteiger partial charge in [-0.1, -0.05) is 18.2 Å². The number of carbonyl (C=O) groups excluding carboxylic acids is 3. The molecule has 0 radical (unpaired) electrons. The van der Waals surface area contributed by atoms with Gasteiger partial charge >= 0.3 is 0 Å². The van der Waals surface area contributed by atoms with Crippen LogP contribution in [-0.4, -0.2) is 33.8 Å². The Morgan fingerprint density at radius 3 is 2.63 bits per heavy atom. The van der Waals surface area contributed by atoms with Gasteiger partial charge in [0.05, 0.1) is 0 Å². The van der Waals surface area contributed by atoms with Gasteiger partial charge in [-0.05, 0) is 12.5 Å². The van der Waals surface area contributed by atoms with Gasteiger partial charge in [0.1, 0.15) is 6.04 Å². The maximum atomic E-state index is 12.2. The Hall–Kier alpha value is -2.21. The molecule has 6 heteroatoms. The van der Waals surface area contributed by atoms with Crippen molar-refractivity contribution in [2.45, 2.75) is 25.1 Å². The second-order valence-electron chi connectivity index (χ2n) is 4.64. The van der Waals surface area contributed by atoms with Crippen LogP contribution in [0.1, 0.15) is 35.0 Å². The molecule has 3 rings (SSSR count). The van der Waals surface area contributed by atoms with Gasteiger partial charge in [0.25, 0.3) is 5.91 Å². The molecule has 2 aliphatic heterocycles. The number of rotatable bonds is 1. The quantitative estimate of drug-likeness (QED) is 0.692. The molecule has 0 spiro atoms. The van der Waals surface area contributed by atoms with Gasteiger partial charge in [-0.3, -0.25) is 24.6 Å². The summed E-state index contributed by atoms with van der Waals surface area (Å²) in [5.41, 5.74) is 0.900. The van der Waals surface area contributed by atoms with Gasteiger partial charge in [0.2, 0.25) is 11.8 Å². The molecule has 2 unspecified atom stereocenters. The van der Waals surface area contributed by atoms with Crippen molar-refractivity contribution in [1.29, 1.82) is 0 Å². The topological polar surface area (TPSA) is 86.7 Å². The second kappa shape index (κ2) is 4.17. The highest BCUT2D eigenvalue weighted by atomic mass is 16.3. The summed E-state index contributed by atoms with van der Waals surface area (Å²) >= 11 is 0.